The van der Waals surface area contributed by atoms with E-state index < -0.39 is 0 Å². The maximum absolute atomic E-state index is 5.58. The van der Waals surface area contributed by atoms with Crippen molar-refractivity contribution in [2.24, 2.45) is 0 Å². The molecule has 88 valence electrons. The summed E-state index contributed by atoms with van der Waals surface area (Å²) in [5.41, 5.74) is 0. The van der Waals surface area contributed by atoms with Gasteiger partial charge in [-0.3, -0.25) is 0 Å². The Morgan fingerprint density at radius 3 is 1.87 bits per heavy atom. The lowest BCUT2D eigenvalue weighted by Gasteiger charge is -2.32. The zero-order chi connectivity index (χ0) is 10.3. The highest BCUT2D eigenvalue weighted by Gasteiger charge is 2.20. The van der Waals surface area contributed by atoms with E-state index in [-0.39, 0.29) is 0 Å². The molecule has 0 aromatic carbocycles. The highest BCUT2D eigenvalue weighted by atomic mass is 16.5. The van der Waals surface area contributed by atoms with Crippen LogP contribution in [0.25, 0.3) is 0 Å². The van der Waals surface area contributed by atoms with Crippen LogP contribution in [0.3, 0.4) is 0 Å². The van der Waals surface area contributed by atoms with Gasteiger partial charge in [0, 0.05) is 51.4 Å². The Morgan fingerprint density at radius 2 is 1.27 bits per heavy atom. The van der Waals surface area contributed by atoms with E-state index in [9.17, 15) is 0 Å². The SMILES string of the molecule is C1CNCC2COCC(CNCCN1)N2. The van der Waals surface area contributed by atoms with Crippen molar-refractivity contribution in [3.05, 3.63) is 0 Å². The Bertz CT molecular complexity index is 163. The van der Waals surface area contributed by atoms with Gasteiger partial charge in [0.05, 0.1) is 13.2 Å². The van der Waals surface area contributed by atoms with E-state index in [4.69, 9.17) is 4.74 Å². The first-order chi connectivity index (χ1) is 7.45. The first-order valence-electron chi connectivity index (χ1n) is 5.91. The topological polar surface area (TPSA) is 57.4 Å². The van der Waals surface area contributed by atoms with Gasteiger partial charge in [0.1, 0.15) is 0 Å². The van der Waals surface area contributed by atoms with Gasteiger partial charge < -0.3 is 26.0 Å². The predicted molar refractivity (Wildman–Crippen MR) is 60.1 cm³/mol. The normalized spacial score (nSPS) is 35.2. The van der Waals surface area contributed by atoms with Crippen molar-refractivity contribution in [3.8, 4) is 0 Å². The summed E-state index contributed by atoms with van der Waals surface area (Å²) < 4.78 is 5.58. The number of ether oxygens (including phenoxy) is 1. The second-order valence-corrected chi connectivity index (χ2v) is 4.26. The van der Waals surface area contributed by atoms with E-state index in [1.807, 2.05) is 0 Å². The lowest BCUT2D eigenvalue weighted by Crippen LogP contribution is -2.57. The van der Waals surface area contributed by atoms with Gasteiger partial charge >= 0.3 is 0 Å². The Morgan fingerprint density at radius 1 is 0.733 bits per heavy atom. The highest BCUT2D eigenvalue weighted by molar-refractivity contribution is 4.82. The van der Waals surface area contributed by atoms with E-state index in [0.29, 0.717) is 12.1 Å². The van der Waals surface area contributed by atoms with Crippen molar-refractivity contribution < 1.29 is 4.74 Å². The van der Waals surface area contributed by atoms with E-state index in [0.717, 1.165) is 52.5 Å². The molecule has 4 N–H and O–H groups in total. The van der Waals surface area contributed by atoms with Gasteiger partial charge in [-0.15, -0.1) is 0 Å². The van der Waals surface area contributed by atoms with E-state index >= 15 is 0 Å². The molecule has 0 aliphatic carbocycles. The van der Waals surface area contributed by atoms with Crippen molar-refractivity contribution in [2.75, 3.05) is 52.5 Å². The van der Waals surface area contributed by atoms with E-state index in [1.165, 1.54) is 0 Å². The lowest BCUT2D eigenvalue weighted by atomic mass is 10.2. The highest BCUT2D eigenvalue weighted by Crippen LogP contribution is 1.98. The molecule has 0 radical (unpaired) electrons. The molecular weight excluding hydrogens is 192 g/mol. The molecule has 5 nitrogen and oxygen atoms in total. The van der Waals surface area contributed by atoms with Crippen molar-refractivity contribution in [1.82, 2.24) is 21.3 Å². The molecule has 0 amide bonds. The van der Waals surface area contributed by atoms with Crippen LogP contribution < -0.4 is 21.3 Å². The Kier molecular flexibility index (Phi) is 4.82. The number of nitrogens with one attached hydrogen (secondary N) is 4. The molecular formula is C10H22N4O. The number of hydrogen-bond donors (Lipinski definition) is 4. The summed E-state index contributed by atoms with van der Waals surface area (Å²) in [5.74, 6) is 0. The lowest BCUT2D eigenvalue weighted by molar-refractivity contribution is 0.0455. The Hall–Kier alpha value is -0.200. The summed E-state index contributed by atoms with van der Waals surface area (Å²) in [6.07, 6.45) is 0. The predicted octanol–water partition coefficient (Wildman–Crippen LogP) is -1.87. The minimum absolute atomic E-state index is 0.463. The van der Waals surface area contributed by atoms with Crippen LogP contribution in [0.4, 0.5) is 0 Å². The van der Waals surface area contributed by atoms with Crippen LogP contribution >= 0.6 is 0 Å². The Balaban J connectivity index is 1.78. The zero-order valence-corrected chi connectivity index (χ0v) is 9.22. The molecule has 2 aliphatic rings. The number of morpholine rings is 1. The van der Waals surface area contributed by atoms with Crippen LogP contribution in [-0.2, 0) is 4.74 Å². The van der Waals surface area contributed by atoms with Gasteiger partial charge in [-0.25, -0.2) is 0 Å². The zero-order valence-electron chi connectivity index (χ0n) is 9.22. The van der Waals surface area contributed by atoms with Crippen molar-refractivity contribution in [1.29, 1.82) is 0 Å². The fourth-order valence-corrected chi connectivity index (χ4v) is 2.05. The fraction of sp³-hybridized carbons (Fsp3) is 1.00. The molecule has 2 bridgehead atoms. The summed E-state index contributed by atoms with van der Waals surface area (Å²) in [5, 5.41) is 13.9. The van der Waals surface area contributed by atoms with Crippen molar-refractivity contribution >= 4 is 0 Å². The third-order valence-electron chi connectivity index (χ3n) is 2.85. The fourth-order valence-electron chi connectivity index (χ4n) is 2.05. The van der Waals surface area contributed by atoms with Crippen LogP contribution in [0.2, 0.25) is 0 Å². The van der Waals surface area contributed by atoms with Crippen molar-refractivity contribution in [3.63, 3.8) is 0 Å². The average Bonchev–Trinajstić information content (AvgIpc) is 2.26. The van der Waals surface area contributed by atoms with E-state index in [1.54, 1.807) is 0 Å². The number of hydrogen-bond acceptors (Lipinski definition) is 5. The van der Waals surface area contributed by atoms with Gasteiger partial charge in [0.25, 0.3) is 0 Å². The van der Waals surface area contributed by atoms with Crippen LogP contribution in [0.5, 0.6) is 0 Å². The molecule has 2 unspecified atom stereocenters. The minimum atomic E-state index is 0.463. The first-order valence-corrected chi connectivity index (χ1v) is 5.91. The summed E-state index contributed by atoms with van der Waals surface area (Å²) in [7, 11) is 0. The monoisotopic (exact) mass is 214 g/mol. The molecule has 2 saturated heterocycles. The summed E-state index contributed by atoms with van der Waals surface area (Å²) in [4.78, 5) is 0. The first kappa shape index (κ1) is 11.3. The molecule has 15 heavy (non-hydrogen) atoms. The molecule has 2 heterocycles. The van der Waals surface area contributed by atoms with Crippen LogP contribution in [0.1, 0.15) is 0 Å². The summed E-state index contributed by atoms with van der Waals surface area (Å²) >= 11 is 0. The molecule has 2 fully saturated rings. The molecule has 0 saturated carbocycles. The van der Waals surface area contributed by atoms with Crippen molar-refractivity contribution in [2.45, 2.75) is 12.1 Å². The van der Waals surface area contributed by atoms with Crippen LogP contribution in [0, 0.1) is 0 Å². The average molecular weight is 214 g/mol. The van der Waals surface area contributed by atoms with Gasteiger partial charge in [0.2, 0.25) is 0 Å². The molecule has 0 spiro atoms. The maximum Gasteiger partial charge on any atom is 0.0632 e. The van der Waals surface area contributed by atoms with Gasteiger partial charge in [-0.05, 0) is 0 Å². The summed E-state index contributed by atoms with van der Waals surface area (Å²) in [6, 6.07) is 0.926. The minimum Gasteiger partial charge on any atom is -0.378 e. The van der Waals surface area contributed by atoms with Gasteiger partial charge in [0.15, 0.2) is 0 Å². The largest absolute Gasteiger partial charge is 0.378 e. The molecule has 5 heteroatoms. The smallest absolute Gasteiger partial charge is 0.0632 e. The molecule has 2 rings (SSSR count). The maximum atomic E-state index is 5.58. The van der Waals surface area contributed by atoms with Gasteiger partial charge in [-0.2, -0.15) is 0 Å². The van der Waals surface area contributed by atoms with Gasteiger partial charge in [-0.1, -0.05) is 0 Å². The van der Waals surface area contributed by atoms with Crippen LogP contribution in [-0.4, -0.2) is 64.6 Å². The molecule has 0 aromatic heterocycles. The summed E-state index contributed by atoms with van der Waals surface area (Å²) in [6.45, 7) is 7.80. The van der Waals surface area contributed by atoms with E-state index in [2.05, 4.69) is 21.3 Å². The third-order valence-corrected chi connectivity index (χ3v) is 2.85. The second kappa shape index (κ2) is 6.40. The standard InChI is InChI=1S/C10H22N4O/c1-3-12-5-9-7-15-8-10(14-9)6-13-4-2-11-1/h9-14H,1-8H2. The van der Waals surface area contributed by atoms with Crippen LogP contribution in [0.15, 0.2) is 0 Å². The second-order valence-electron chi connectivity index (χ2n) is 4.26. The molecule has 2 aliphatic heterocycles. The molecule has 2 atom stereocenters. The molecule has 0 aromatic rings. The number of fused-ring (bicyclic) bond motifs is 2. The quantitative estimate of drug-likeness (QED) is 0.380. The number of rotatable bonds is 0. The third kappa shape index (κ3) is 4.04. The Labute approximate surface area is 91.3 Å².